The Bertz CT molecular complexity index is 1430. The highest BCUT2D eigenvalue weighted by Gasteiger charge is 2.59. The van der Waals surface area contributed by atoms with Gasteiger partial charge in [0.1, 0.15) is 23.6 Å². The Balaban J connectivity index is 1.00. The molecule has 0 aliphatic heterocycles. The third kappa shape index (κ3) is 7.46. The van der Waals surface area contributed by atoms with Crippen LogP contribution in [-0.4, -0.2) is 39.4 Å². The van der Waals surface area contributed by atoms with Crippen LogP contribution < -0.4 is 10.4 Å². The zero-order valence-corrected chi connectivity index (χ0v) is 25.4. The summed E-state index contributed by atoms with van der Waals surface area (Å²) < 4.78 is 25.6. The summed E-state index contributed by atoms with van der Waals surface area (Å²) >= 11 is 0. The van der Waals surface area contributed by atoms with Gasteiger partial charge in [-0.3, -0.25) is 4.68 Å². The number of rotatable bonds is 14. The molecule has 0 unspecified atom stereocenters. The van der Waals surface area contributed by atoms with Gasteiger partial charge in [0.25, 0.3) is 0 Å². The summed E-state index contributed by atoms with van der Waals surface area (Å²) in [6, 6.07) is 6.98. The normalized spacial score (nSPS) is 22.5. The van der Waals surface area contributed by atoms with E-state index >= 15 is 0 Å². The van der Waals surface area contributed by atoms with E-state index in [-0.39, 0.29) is 23.4 Å². The second-order valence-electron chi connectivity index (χ2n) is 13.3. The first-order valence-corrected chi connectivity index (χ1v) is 14.9. The number of aromatic nitrogens is 3. The smallest absolute Gasteiger partial charge is 0.336 e. The number of hydrogen-bond donors (Lipinski definition) is 0. The van der Waals surface area contributed by atoms with Crippen LogP contribution in [0.25, 0.3) is 11.0 Å². The fourth-order valence-corrected chi connectivity index (χ4v) is 6.07. The van der Waals surface area contributed by atoms with E-state index in [9.17, 15) is 4.79 Å². The molecule has 1 spiro atoms. The standard InChI is InChI=1S/C33H45N3O5/c1-7-8-25-19-33(25)17-24(18-33)21-40-32(5,6)12-14-39-31(3,4)11-13-36-20-26(34-35-36)22-38-27-9-10-28-23(2)15-30(37)41-29(28)16-27/h7-10,15-16,20,24-25H,11-14,17-19,21-22H2,1-6H3/b8-7-/t24-,25-,33-/m0/s1. The van der Waals surface area contributed by atoms with Crippen molar-refractivity contribution in [1.29, 1.82) is 0 Å². The number of ether oxygens (including phenoxy) is 3. The first-order valence-electron chi connectivity index (χ1n) is 14.9. The highest BCUT2D eigenvalue weighted by atomic mass is 16.5. The molecule has 3 aromatic rings. The lowest BCUT2D eigenvalue weighted by molar-refractivity contribution is -0.0945. The minimum Gasteiger partial charge on any atom is -0.487 e. The number of benzene rings is 1. The highest BCUT2D eigenvalue weighted by Crippen LogP contribution is 2.68. The average Bonchev–Trinajstić information content (AvgIpc) is 3.40. The monoisotopic (exact) mass is 563 g/mol. The van der Waals surface area contributed by atoms with Gasteiger partial charge >= 0.3 is 5.63 Å². The summed E-state index contributed by atoms with van der Waals surface area (Å²) in [5, 5.41) is 9.39. The highest BCUT2D eigenvalue weighted by molar-refractivity contribution is 5.81. The Morgan fingerprint density at radius 3 is 2.66 bits per heavy atom. The molecular formula is C33H45N3O5. The first kappa shape index (κ1) is 29.5. The Hall–Kier alpha value is -2.97. The Labute approximate surface area is 243 Å². The first-order chi connectivity index (χ1) is 19.5. The second kappa shape index (κ2) is 11.7. The van der Waals surface area contributed by atoms with Crippen molar-refractivity contribution in [2.75, 3.05) is 13.2 Å². The lowest BCUT2D eigenvalue weighted by atomic mass is 9.70. The molecule has 1 aromatic carbocycles. The molecule has 0 bridgehead atoms. The molecule has 2 aliphatic rings. The van der Waals surface area contributed by atoms with Gasteiger partial charge in [0.15, 0.2) is 0 Å². The molecule has 2 fully saturated rings. The average molecular weight is 564 g/mol. The van der Waals surface area contributed by atoms with Crippen LogP contribution in [0.15, 0.2) is 51.8 Å². The number of aryl methyl sites for hydroxylation is 2. The lowest BCUT2D eigenvalue weighted by Crippen LogP contribution is -2.36. The predicted octanol–water partition coefficient (Wildman–Crippen LogP) is 6.63. The topological polar surface area (TPSA) is 88.6 Å². The molecule has 2 saturated carbocycles. The predicted molar refractivity (Wildman–Crippen MR) is 159 cm³/mol. The molecule has 2 aliphatic carbocycles. The van der Waals surface area contributed by atoms with Gasteiger partial charge in [-0.1, -0.05) is 17.4 Å². The van der Waals surface area contributed by atoms with E-state index in [2.05, 4.69) is 57.1 Å². The van der Waals surface area contributed by atoms with Crippen molar-refractivity contribution in [3.05, 3.63) is 64.3 Å². The van der Waals surface area contributed by atoms with Crippen molar-refractivity contribution in [2.24, 2.45) is 17.3 Å². The van der Waals surface area contributed by atoms with Gasteiger partial charge in [-0.05, 0) is 109 Å². The van der Waals surface area contributed by atoms with Gasteiger partial charge in [0, 0.05) is 24.1 Å². The lowest BCUT2D eigenvalue weighted by Gasteiger charge is -2.39. The zero-order valence-electron chi connectivity index (χ0n) is 25.4. The molecule has 222 valence electrons. The van der Waals surface area contributed by atoms with E-state index in [1.165, 1.54) is 25.3 Å². The molecule has 2 heterocycles. The SMILES string of the molecule is C/C=C\[C@H]1C[C@]12C[C@@H](COC(C)(C)CCOC(C)(C)CCn1cc(COc3ccc4c(C)cc(=O)oc4c3)nn1)C2. The fraction of sp³-hybridized carbons (Fsp3) is 0.606. The maximum Gasteiger partial charge on any atom is 0.336 e. The molecule has 0 amide bonds. The molecule has 0 N–H and O–H groups in total. The van der Waals surface area contributed by atoms with Crippen molar-refractivity contribution in [1.82, 2.24) is 15.0 Å². The van der Waals surface area contributed by atoms with Gasteiger partial charge in [-0.25, -0.2) is 4.79 Å². The summed E-state index contributed by atoms with van der Waals surface area (Å²) in [6.45, 7) is 15.1. The quantitative estimate of drug-likeness (QED) is 0.161. The van der Waals surface area contributed by atoms with Crippen molar-refractivity contribution >= 4 is 11.0 Å². The van der Waals surface area contributed by atoms with Crippen molar-refractivity contribution in [3.63, 3.8) is 0 Å². The molecule has 0 radical (unpaired) electrons. The summed E-state index contributed by atoms with van der Waals surface area (Å²) in [5.41, 5.74) is 1.88. The van der Waals surface area contributed by atoms with Gasteiger partial charge < -0.3 is 18.6 Å². The van der Waals surface area contributed by atoms with Crippen molar-refractivity contribution in [3.8, 4) is 5.75 Å². The van der Waals surface area contributed by atoms with Crippen molar-refractivity contribution in [2.45, 2.75) is 98.0 Å². The molecule has 0 saturated heterocycles. The molecule has 5 rings (SSSR count). The van der Waals surface area contributed by atoms with Crippen LogP contribution in [0.4, 0.5) is 0 Å². The van der Waals surface area contributed by atoms with Gasteiger partial charge in [0.05, 0.1) is 30.6 Å². The van der Waals surface area contributed by atoms with E-state index in [4.69, 9.17) is 18.6 Å². The number of fused-ring (bicyclic) bond motifs is 1. The molecule has 2 aromatic heterocycles. The van der Waals surface area contributed by atoms with E-state index in [0.717, 1.165) is 42.0 Å². The second-order valence-corrected chi connectivity index (χ2v) is 13.3. The van der Waals surface area contributed by atoms with Gasteiger partial charge in [0.2, 0.25) is 0 Å². The van der Waals surface area contributed by atoms with Gasteiger partial charge in [-0.15, -0.1) is 5.10 Å². The van der Waals surface area contributed by atoms with Gasteiger partial charge in [-0.2, -0.15) is 0 Å². The Morgan fingerprint density at radius 1 is 1.10 bits per heavy atom. The van der Waals surface area contributed by atoms with E-state index in [1.807, 2.05) is 29.9 Å². The Morgan fingerprint density at radius 2 is 1.88 bits per heavy atom. The fourth-order valence-electron chi connectivity index (χ4n) is 6.07. The maximum absolute atomic E-state index is 11.7. The number of nitrogens with zero attached hydrogens (tertiary/aromatic N) is 3. The van der Waals surface area contributed by atoms with E-state index in [1.54, 1.807) is 6.07 Å². The summed E-state index contributed by atoms with van der Waals surface area (Å²) in [6.07, 6.45) is 12.2. The maximum atomic E-state index is 11.7. The van der Waals surface area contributed by atoms with E-state index < -0.39 is 0 Å². The molecule has 8 nitrogen and oxygen atoms in total. The van der Waals surface area contributed by atoms with E-state index in [0.29, 0.717) is 35.8 Å². The van der Waals surface area contributed by atoms with Crippen LogP contribution in [-0.2, 0) is 22.6 Å². The molecular weight excluding hydrogens is 518 g/mol. The number of allylic oxidation sites excluding steroid dienone is 2. The van der Waals surface area contributed by atoms with Crippen LogP contribution in [0.5, 0.6) is 5.75 Å². The summed E-state index contributed by atoms with van der Waals surface area (Å²) in [5.74, 6) is 2.13. The van der Waals surface area contributed by atoms with Crippen LogP contribution >= 0.6 is 0 Å². The molecule has 41 heavy (non-hydrogen) atoms. The van der Waals surface area contributed by atoms with Crippen LogP contribution in [0, 0.1) is 24.2 Å². The molecule has 8 heteroatoms. The van der Waals surface area contributed by atoms with Crippen LogP contribution in [0.2, 0.25) is 0 Å². The third-order valence-electron chi connectivity index (χ3n) is 8.81. The largest absolute Gasteiger partial charge is 0.487 e. The zero-order chi connectivity index (χ0) is 29.3. The Kier molecular flexibility index (Phi) is 8.44. The molecule has 1 atom stereocenters. The minimum absolute atomic E-state index is 0.193. The van der Waals surface area contributed by atoms with Crippen molar-refractivity contribution < 1.29 is 18.6 Å². The summed E-state index contributed by atoms with van der Waals surface area (Å²) in [4.78, 5) is 11.7. The summed E-state index contributed by atoms with van der Waals surface area (Å²) in [7, 11) is 0. The minimum atomic E-state index is -0.368. The number of hydrogen-bond acceptors (Lipinski definition) is 7. The van der Waals surface area contributed by atoms with Crippen LogP contribution in [0.3, 0.4) is 0 Å². The third-order valence-corrected chi connectivity index (χ3v) is 8.81. The van der Waals surface area contributed by atoms with Crippen LogP contribution in [0.1, 0.15) is 78.0 Å².